The van der Waals surface area contributed by atoms with Gasteiger partial charge >= 0.3 is 5.97 Å². The van der Waals surface area contributed by atoms with E-state index in [9.17, 15) is 9.90 Å². The molecule has 2 N–H and O–H groups in total. The van der Waals surface area contributed by atoms with Crippen molar-refractivity contribution in [1.29, 1.82) is 0 Å². The number of aromatic hydroxyl groups is 1. The first-order valence-electron chi connectivity index (χ1n) is 5.30. The lowest BCUT2D eigenvalue weighted by Crippen LogP contribution is -2.39. The summed E-state index contributed by atoms with van der Waals surface area (Å²) in [5, 5.41) is 18.6. The minimum absolute atomic E-state index is 0.105. The Morgan fingerprint density at radius 1 is 1.56 bits per heavy atom. The highest BCUT2D eigenvalue weighted by molar-refractivity contribution is 5.71. The van der Waals surface area contributed by atoms with Crippen LogP contribution in [0.25, 0.3) is 0 Å². The molecule has 0 radical (unpaired) electrons. The molecule has 5 nitrogen and oxygen atoms in total. The first-order valence-corrected chi connectivity index (χ1v) is 5.30. The Morgan fingerprint density at radius 3 is 3.06 bits per heavy atom. The van der Waals surface area contributed by atoms with Crippen LogP contribution in [0.5, 0.6) is 5.75 Å². The lowest BCUT2D eigenvalue weighted by Gasteiger charge is -2.31. The second-order valence-corrected chi connectivity index (χ2v) is 3.97. The lowest BCUT2D eigenvalue weighted by molar-refractivity contribution is -0.141. The van der Waals surface area contributed by atoms with Gasteiger partial charge in [0.1, 0.15) is 0 Å². The van der Waals surface area contributed by atoms with Crippen molar-refractivity contribution in [2.75, 3.05) is 18.0 Å². The standard InChI is InChI=1S/C11H14N2O3/c14-9-4-1-5-12-10(9)13-6-2-3-8(7-13)11(15)16/h1,4-5,8,14H,2-3,6-7H2,(H,15,16)/t8-/m1/s1. The van der Waals surface area contributed by atoms with Crippen molar-refractivity contribution in [2.24, 2.45) is 5.92 Å². The number of carboxylic acid groups (broad SMARTS) is 1. The average molecular weight is 222 g/mol. The third-order valence-corrected chi connectivity index (χ3v) is 2.84. The molecule has 0 amide bonds. The van der Waals surface area contributed by atoms with Crippen LogP contribution in [0.15, 0.2) is 18.3 Å². The molecule has 1 aliphatic heterocycles. The van der Waals surface area contributed by atoms with Crippen molar-refractivity contribution in [3.63, 3.8) is 0 Å². The summed E-state index contributed by atoms with van der Waals surface area (Å²) in [4.78, 5) is 16.8. The van der Waals surface area contributed by atoms with Gasteiger partial charge < -0.3 is 15.1 Å². The molecule has 1 aliphatic rings. The van der Waals surface area contributed by atoms with E-state index in [0.29, 0.717) is 18.8 Å². The molecule has 0 aliphatic carbocycles. The highest BCUT2D eigenvalue weighted by atomic mass is 16.4. The number of aromatic nitrogens is 1. The zero-order chi connectivity index (χ0) is 11.5. The maximum absolute atomic E-state index is 10.9. The van der Waals surface area contributed by atoms with E-state index in [4.69, 9.17) is 5.11 Å². The van der Waals surface area contributed by atoms with E-state index in [1.807, 2.05) is 4.90 Å². The Balaban J connectivity index is 2.16. The van der Waals surface area contributed by atoms with Crippen molar-refractivity contribution >= 4 is 11.8 Å². The van der Waals surface area contributed by atoms with Crippen LogP contribution in [0.2, 0.25) is 0 Å². The van der Waals surface area contributed by atoms with Crippen LogP contribution < -0.4 is 4.90 Å². The number of rotatable bonds is 2. The smallest absolute Gasteiger partial charge is 0.308 e. The largest absolute Gasteiger partial charge is 0.504 e. The fourth-order valence-electron chi connectivity index (χ4n) is 2.00. The van der Waals surface area contributed by atoms with E-state index >= 15 is 0 Å². The Labute approximate surface area is 93.3 Å². The molecular weight excluding hydrogens is 208 g/mol. The van der Waals surface area contributed by atoms with E-state index in [0.717, 1.165) is 13.0 Å². The minimum Gasteiger partial charge on any atom is -0.504 e. The van der Waals surface area contributed by atoms with Crippen LogP contribution in [0.1, 0.15) is 12.8 Å². The van der Waals surface area contributed by atoms with Gasteiger partial charge in [-0.2, -0.15) is 0 Å². The van der Waals surface area contributed by atoms with Gasteiger partial charge in [-0.1, -0.05) is 0 Å². The van der Waals surface area contributed by atoms with Crippen molar-refractivity contribution < 1.29 is 15.0 Å². The van der Waals surface area contributed by atoms with E-state index in [1.165, 1.54) is 0 Å². The summed E-state index contributed by atoms with van der Waals surface area (Å²) in [6, 6.07) is 3.21. The summed E-state index contributed by atoms with van der Waals surface area (Å²) < 4.78 is 0. The Bertz CT molecular complexity index is 395. The maximum Gasteiger partial charge on any atom is 0.308 e. The topological polar surface area (TPSA) is 73.7 Å². The molecule has 1 aromatic heterocycles. The Hall–Kier alpha value is -1.78. The number of aliphatic carboxylic acids is 1. The Morgan fingerprint density at radius 2 is 2.38 bits per heavy atom. The molecule has 1 fully saturated rings. The van der Waals surface area contributed by atoms with Gasteiger partial charge in [0.2, 0.25) is 0 Å². The van der Waals surface area contributed by atoms with Gasteiger partial charge in [0, 0.05) is 19.3 Å². The molecule has 0 spiro atoms. The number of nitrogens with zero attached hydrogens (tertiary/aromatic N) is 2. The van der Waals surface area contributed by atoms with Gasteiger partial charge in [-0.15, -0.1) is 0 Å². The van der Waals surface area contributed by atoms with Crippen molar-refractivity contribution in [3.05, 3.63) is 18.3 Å². The van der Waals surface area contributed by atoms with Crippen molar-refractivity contribution in [1.82, 2.24) is 4.98 Å². The summed E-state index contributed by atoms with van der Waals surface area (Å²) in [6.45, 7) is 1.16. The summed E-state index contributed by atoms with van der Waals surface area (Å²) in [7, 11) is 0. The molecular formula is C11H14N2O3. The van der Waals surface area contributed by atoms with Crippen molar-refractivity contribution in [2.45, 2.75) is 12.8 Å². The zero-order valence-electron chi connectivity index (χ0n) is 8.83. The van der Waals surface area contributed by atoms with Crippen molar-refractivity contribution in [3.8, 4) is 5.75 Å². The number of pyridine rings is 1. The number of carbonyl (C=O) groups is 1. The monoisotopic (exact) mass is 222 g/mol. The predicted octanol–water partition coefficient (Wildman–Crippen LogP) is 1.09. The van der Waals surface area contributed by atoms with Crippen LogP contribution in [-0.2, 0) is 4.79 Å². The fourth-order valence-corrected chi connectivity index (χ4v) is 2.00. The first kappa shape index (κ1) is 10.7. The van der Waals surface area contributed by atoms with Crippen LogP contribution in [0, 0.1) is 5.92 Å². The summed E-state index contributed by atoms with van der Waals surface area (Å²) in [5.41, 5.74) is 0. The number of hydrogen-bond acceptors (Lipinski definition) is 4. The number of piperidine rings is 1. The molecule has 16 heavy (non-hydrogen) atoms. The second kappa shape index (κ2) is 4.38. The predicted molar refractivity (Wildman–Crippen MR) is 58.5 cm³/mol. The minimum atomic E-state index is -0.778. The maximum atomic E-state index is 10.9. The van der Waals surface area contributed by atoms with Gasteiger partial charge in [-0.05, 0) is 25.0 Å². The fraction of sp³-hybridized carbons (Fsp3) is 0.455. The van der Waals surface area contributed by atoms with Crippen LogP contribution in [0.3, 0.4) is 0 Å². The average Bonchev–Trinajstić information content (AvgIpc) is 2.30. The van der Waals surface area contributed by atoms with E-state index < -0.39 is 5.97 Å². The van der Waals surface area contributed by atoms with Crippen LogP contribution in [-0.4, -0.2) is 34.3 Å². The van der Waals surface area contributed by atoms with Crippen LogP contribution in [0.4, 0.5) is 5.82 Å². The van der Waals surface area contributed by atoms with E-state index in [1.54, 1.807) is 18.3 Å². The number of anilines is 1. The van der Waals surface area contributed by atoms with Crippen LogP contribution >= 0.6 is 0 Å². The van der Waals surface area contributed by atoms with Gasteiger partial charge in [0.25, 0.3) is 0 Å². The molecule has 0 aromatic carbocycles. The molecule has 1 aromatic rings. The molecule has 2 rings (SSSR count). The zero-order valence-corrected chi connectivity index (χ0v) is 8.83. The van der Waals surface area contributed by atoms with E-state index in [-0.39, 0.29) is 11.7 Å². The van der Waals surface area contributed by atoms with Gasteiger partial charge in [-0.3, -0.25) is 4.79 Å². The Kier molecular flexibility index (Phi) is 2.94. The molecule has 1 saturated heterocycles. The number of hydrogen-bond donors (Lipinski definition) is 2. The van der Waals surface area contributed by atoms with Gasteiger partial charge in [-0.25, -0.2) is 4.98 Å². The second-order valence-electron chi connectivity index (χ2n) is 3.97. The normalized spacial score (nSPS) is 20.8. The molecule has 0 saturated carbocycles. The first-order chi connectivity index (χ1) is 7.68. The number of carboxylic acids is 1. The summed E-state index contributed by atoms with van der Waals surface area (Å²) in [6.07, 6.45) is 3.10. The SMILES string of the molecule is O=C(O)[C@@H]1CCCN(c2ncccc2O)C1. The molecule has 0 unspecified atom stereocenters. The van der Waals surface area contributed by atoms with Gasteiger partial charge in [0.05, 0.1) is 5.92 Å². The molecule has 86 valence electrons. The third kappa shape index (κ3) is 2.08. The van der Waals surface area contributed by atoms with Gasteiger partial charge in [0.15, 0.2) is 11.6 Å². The highest BCUT2D eigenvalue weighted by Gasteiger charge is 2.27. The summed E-state index contributed by atoms with van der Waals surface area (Å²) in [5.74, 6) is -0.558. The summed E-state index contributed by atoms with van der Waals surface area (Å²) >= 11 is 0. The molecule has 5 heteroatoms. The van der Waals surface area contributed by atoms with E-state index in [2.05, 4.69) is 4.98 Å². The quantitative estimate of drug-likeness (QED) is 0.783. The highest BCUT2D eigenvalue weighted by Crippen LogP contribution is 2.28. The molecule has 2 heterocycles. The molecule has 1 atom stereocenters. The lowest BCUT2D eigenvalue weighted by atomic mass is 9.98. The third-order valence-electron chi connectivity index (χ3n) is 2.84. The molecule has 0 bridgehead atoms.